The molecular formula is C111H173N20O10+9. The smallest absolute Gasteiger partial charge is 0.368 e. The Morgan fingerprint density at radius 3 is 1.38 bits per heavy atom. The molecule has 5 N–H and O–H groups in total. The van der Waals surface area contributed by atoms with Gasteiger partial charge in [0.05, 0.1) is 80.6 Å². The number of hydrogen-bond acceptors (Lipinski definition) is 13. The second kappa shape index (κ2) is 58.6. The Morgan fingerprint density at radius 1 is 0.397 bits per heavy atom. The SMILES string of the molecule is CC(C)C(=O)Cc1cc[n+](C(C)C)cc1.CC(C)C(=O)NCC[N+]1(C(C)C)CC=CC1.CC(C)C(=O)Nc1ccc[n+](C(C)C)c1.CC(C)C(=O)Nc1cccc[n+]1C(C)C.CC(C)C(=O)Nc1cnc[n+](C(C)C)c1.CC(C)C(=O)Nc1nc2ccc[n+](C(C)C)c2o1.CC(C)C(=O)n1cc[n+](C(C)C)c1.CC(C)C(=O)n1ccc2c1ccc[n+]2C(C)C.CC(C)C(=O)n1cnc2c1ccc[n+]2C(C)C. The Hall–Kier alpha value is -12.6. The van der Waals surface area contributed by atoms with Crippen molar-refractivity contribution < 1.29 is 88.6 Å². The number of carbonyl (C=O) groups is 9. The van der Waals surface area contributed by atoms with Crippen LogP contribution in [0, 0.1) is 53.3 Å². The van der Waals surface area contributed by atoms with E-state index < -0.39 is 0 Å². The number of rotatable bonds is 27. The molecule has 0 fully saturated rings. The van der Waals surface area contributed by atoms with Gasteiger partial charge < -0.3 is 24.9 Å². The maximum Gasteiger partial charge on any atom is 0.402 e. The molecule has 0 radical (unpaired) electrons. The van der Waals surface area contributed by atoms with Crippen molar-refractivity contribution in [1.82, 2.24) is 34.0 Å². The number of aromatic nitrogens is 14. The van der Waals surface area contributed by atoms with Crippen LogP contribution in [-0.2, 0) is 35.2 Å². The number of carbonyl (C=O) groups excluding carboxylic acids is 9. The first-order valence-electron chi connectivity index (χ1n) is 50.4. The fourth-order valence-corrected chi connectivity index (χ4v) is 13.6. The first kappa shape index (κ1) is 121. The fraction of sp³-hybridized carbons (Fsp3) is 0.532. The average molecular weight is 1950 g/mol. The number of anilines is 4. The maximum absolute atomic E-state index is 12.1. The predicted molar refractivity (Wildman–Crippen MR) is 559 cm³/mol. The van der Waals surface area contributed by atoms with E-state index in [1.807, 2.05) is 302 Å². The first-order chi connectivity index (χ1) is 66.1. The molecule has 0 bridgehead atoms. The molecule has 12 heterocycles. The summed E-state index contributed by atoms with van der Waals surface area (Å²) in [6.07, 6.45) is 35.4. The number of quaternary nitrogens is 1. The van der Waals surface area contributed by atoms with Gasteiger partial charge in [0.2, 0.25) is 47.3 Å². The number of amides is 5. The van der Waals surface area contributed by atoms with Crippen molar-refractivity contribution in [2.45, 2.75) is 310 Å². The molecule has 768 valence electrons. The van der Waals surface area contributed by atoms with E-state index in [0.29, 0.717) is 66.3 Å². The van der Waals surface area contributed by atoms with Gasteiger partial charge >= 0.3 is 29.2 Å². The molecule has 30 heteroatoms. The van der Waals surface area contributed by atoms with Crippen LogP contribution in [0.3, 0.4) is 0 Å². The highest BCUT2D eigenvalue weighted by Crippen LogP contribution is 2.22. The van der Waals surface area contributed by atoms with E-state index in [2.05, 4.69) is 203 Å². The van der Waals surface area contributed by atoms with Gasteiger partial charge in [0, 0.05) is 96.5 Å². The second-order valence-corrected chi connectivity index (χ2v) is 41.0. The molecule has 12 rings (SSSR count). The predicted octanol–water partition coefficient (Wildman–Crippen LogP) is 18.7. The molecule has 30 nitrogen and oxygen atoms in total. The van der Waals surface area contributed by atoms with Crippen LogP contribution in [0.2, 0.25) is 0 Å². The summed E-state index contributed by atoms with van der Waals surface area (Å²) in [6.45, 7) is 76.2. The number of nitrogens with zero attached hydrogens (tertiary/aromatic N) is 15. The van der Waals surface area contributed by atoms with Crippen molar-refractivity contribution in [2.24, 2.45) is 53.3 Å². The summed E-state index contributed by atoms with van der Waals surface area (Å²) in [7, 11) is 0. The molecule has 11 aromatic rings. The maximum atomic E-state index is 12.1. The van der Waals surface area contributed by atoms with Gasteiger partial charge in [-0.3, -0.25) is 43.4 Å². The minimum absolute atomic E-state index is 0.00539. The van der Waals surface area contributed by atoms with E-state index in [1.54, 1.807) is 32.6 Å². The van der Waals surface area contributed by atoms with E-state index in [0.717, 1.165) is 81.1 Å². The average Bonchev–Trinajstić information content (AvgIpc) is 1.64. The summed E-state index contributed by atoms with van der Waals surface area (Å²) >= 11 is 0. The van der Waals surface area contributed by atoms with Crippen molar-refractivity contribution >= 4 is 110 Å². The van der Waals surface area contributed by atoms with E-state index in [1.165, 1.54) is 0 Å². The number of hydrogen-bond donors (Lipinski definition) is 5. The third-order valence-electron chi connectivity index (χ3n) is 23.1. The molecule has 0 aliphatic carbocycles. The summed E-state index contributed by atoms with van der Waals surface area (Å²) in [6, 6.07) is 31.2. The Balaban J connectivity index is 0.000000331. The van der Waals surface area contributed by atoms with Crippen LogP contribution >= 0.6 is 0 Å². The summed E-state index contributed by atoms with van der Waals surface area (Å²) < 4.78 is 28.1. The van der Waals surface area contributed by atoms with Gasteiger partial charge in [-0.25, -0.2) is 46.9 Å². The number of oxazole rings is 1. The van der Waals surface area contributed by atoms with E-state index in [4.69, 9.17) is 4.42 Å². The van der Waals surface area contributed by atoms with Crippen LogP contribution in [0.4, 0.5) is 23.2 Å². The van der Waals surface area contributed by atoms with Crippen molar-refractivity contribution in [3.8, 4) is 0 Å². The fourth-order valence-electron chi connectivity index (χ4n) is 13.6. The number of nitrogens with one attached hydrogen (secondary N) is 5. The standard InChI is InChI=1S/C14H19N2O.C13H17N3O2.C13H18N3O.C13H24N2O.C13H20NO.2C12H18N2O.C11H17N3O.C10H17N2O/c1-10(2)14(17)16-9-7-13-12(16)6-5-8-15(13)11(3)4;1-8(2)11(17)15-13-14-10-6-5-7-16(9(3)4)12(10)18-13;1-9(2)13(17)16-8-14-12-11(16)6-5-7-15(12)10(3)4;1-11(2)13(16)14-7-10-15(12(3)4)8-5-6-9-15;1-10(2)13(15)9-12-5-7-14(8-6-12)11(3)4;1-9(2)12(15)13-11-6-5-7-14(8-11)10(3)4;1-9(2)12(15)13-11-7-5-6-8-14(11)10(3)4;1-8(2)11(15)13-10-5-12-7-14(6-10)9(3)4;1-8(2)10(13)12-6-5-11(7-12)9(3)4/h5-11H,1-4H3;5-9H,1-4H3;5-10H,1-4H3;5-6,11-12H,7-10H2,1-4H3;5-8,10-11H,9H2,1-4H3;2*5-10H,1-4H3;5-9H,1-4H3;5-9H,1-4H3/q+1;;+1;;+1;;;;+1/p+5. The molecule has 1 aliphatic heterocycles. The Morgan fingerprint density at radius 2 is 0.872 bits per heavy atom. The van der Waals surface area contributed by atoms with Crippen LogP contribution in [0.1, 0.15) is 318 Å². The quantitative estimate of drug-likeness (QED) is 0.0182. The van der Waals surface area contributed by atoms with Crippen LogP contribution in [0.15, 0.2) is 201 Å². The lowest BCUT2D eigenvalue weighted by atomic mass is 10.0. The van der Waals surface area contributed by atoms with Crippen LogP contribution in [-0.4, -0.2) is 118 Å². The van der Waals surface area contributed by atoms with Crippen molar-refractivity contribution in [2.75, 3.05) is 47.4 Å². The number of imidazole rings is 2. The van der Waals surface area contributed by atoms with Gasteiger partial charge in [0.1, 0.15) is 46.8 Å². The van der Waals surface area contributed by atoms with E-state index in [-0.39, 0.29) is 113 Å². The molecule has 5 amide bonds. The zero-order chi connectivity index (χ0) is 106. The van der Waals surface area contributed by atoms with Gasteiger partial charge in [-0.15, -0.1) is 0 Å². The Labute approximate surface area is 840 Å². The third-order valence-corrected chi connectivity index (χ3v) is 23.1. The van der Waals surface area contributed by atoms with Gasteiger partial charge in [-0.2, -0.15) is 18.7 Å². The van der Waals surface area contributed by atoms with Crippen molar-refractivity contribution in [3.05, 3.63) is 202 Å². The first-order valence-corrected chi connectivity index (χ1v) is 50.4. The molecule has 11 aromatic heterocycles. The number of pyridine rings is 6. The molecule has 141 heavy (non-hydrogen) atoms. The second-order valence-electron chi connectivity index (χ2n) is 41.0. The molecule has 0 aromatic carbocycles. The number of ketones is 1. The normalized spacial score (nSPS) is 12.0. The zero-order valence-electron chi connectivity index (χ0n) is 91.7. The Kier molecular flexibility index (Phi) is 50.1. The van der Waals surface area contributed by atoms with Crippen LogP contribution < -0.4 is 63.1 Å². The molecule has 0 saturated carbocycles. The lowest BCUT2D eigenvalue weighted by Crippen LogP contribution is -2.54. The highest BCUT2D eigenvalue weighted by molar-refractivity contribution is 5.94. The molecule has 0 atom stereocenters. The number of fused-ring (bicyclic) bond motifs is 3. The molecule has 1 aliphatic rings. The monoisotopic (exact) mass is 1950 g/mol. The topological polar surface area (TPSA) is 311 Å². The largest absolute Gasteiger partial charge is 0.402 e. The lowest BCUT2D eigenvalue weighted by Gasteiger charge is -2.38. The zero-order valence-corrected chi connectivity index (χ0v) is 91.7. The van der Waals surface area contributed by atoms with Crippen LogP contribution in [0.25, 0.3) is 33.4 Å². The Bertz CT molecular complexity index is 5640. The van der Waals surface area contributed by atoms with Crippen molar-refractivity contribution in [1.29, 1.82) is 0 Å². The molecule has 0 saturated heterocycles. The summed E-state index contributed by atoms with van der Waals surface area (Å²) in [5.41, 5.74) is 7.94. The minimum atomic E-state index is -0.0998. The minimum Gasteiger partial charge on any atom is -0.368 e. The van der Waals surface area contributed by atoms with E-state index >= 15 is 0 Å². The van der Waals surface area contributed by atoms with Gasteiger partial charge in [0.25, 0.3) is 18.5 Å². The van der Waals surface area contributed by atoms with Gasteiger partial charge in [-0.05, 0) is 184 Å². The van der Waals surface area contributed by atoms with Gasteiger partial charge in [-0.1, -0.05) is 136 Å². The highest BCUT2D eigenvalue weighted by Gasteiger charge is 2.33. The summed E-state index contributed by atoms with van der Waals surface area (Å²) in [5, 5.41) is 14.3. The summed E-state index contributed by atoms with van der Waals surface area (Å²) in [5.74, 6) is 1.84. The molecule has 0 unspecified atom stereocenters. The summed E-state index contributed by atoms with van der Waals surface area (Å²) in [4.78, 5) is 117. The molecule has 0 spiro atoms. The highest BCUT2D eigenvalue weighted by atomic mass is 16.4. The molecular weight excluding hydrogens is 1770 g/mol. The van der Waals surface area contributed by atoms with Gasteiger partial charge in [0.15, 0.2) is 73.1 Å². The van der Waals surface area contributed by atoms with Crippen LogP contribution in [0.5, 0.6) is 0 Å². The third kappa shape index (κ3) is 38.7. The number of Topliss-reactive ketones (excluding diaryl/α,β-unsaturated/α-hetero) is 1. The van der Waals surface area contributed by atoms with Crippen molar-refractivity contribution in [3.63, 3.8) is 0 Å². The van der Waals surface area contributed by atoms with E-state index in [9.17, 15) is 43.2 Å². The lowest BCUT2D eigenvalue weighted by molar-refractivity contribution is -0.931.